The van der Waals surface area contributed by atoms with Crippen LogP contribution in [0.1, 0.15) is 18.9 Å². The number of halogens is 2. The van der Waals surface area contributed by atoms with Crippen molar-refractivity contribution >= 4 is 35.1 Å². The number of rotatable bonds is 10. The number of piperazine rings is 1. The van der Waals surface area contributed by atoms with Crippen molar-refractivity contribution in [2.24, 2.45) is 5.92 Å². The number of carbonyl (C=O) groups excluding carboxylic acids is 2. The number of esters is 1. The van der Waals surface area contributed by atoms with Gasteiger partial charge in [0.2, 0.25) is 5.91 Å². The average Bonchev–Trinajstić information content (AvgIpc) is 2.84. The lowest BCUT2D eigenvalue weighted by molar-refractivity contribution is -0.149. The Morgan fingerprint density at radius 2 is 1.94 bits per heavy atom. The van der Waals surface area contributed by atoms with Crippen molar-refractivity contribution in [2.45, 2.75) is 48.8 Å². The monoisotopic (exact) mass is 515 g/mol. The van der Waals surface area contributed by atoms with Crippen LogP contribution in [0.5, 0.6) is 0 Å². The lowest BCUT2D eigenvalue weighted by atomic mass is 9.83. The number of aliphatic hydroxyl groups is 1. The smallest absolute Gasteiger partial charge is 0.328 e. The molecule has 1 saturated heterocycles. The summed E-state index contributed by atoms with van der Waals surface area (Å²) in [5.41, 5.74) is 0.883. The number of nitrogens with zero attached hydrogens (tertiary/aromatic N) is 1. The van der Waals surface area contributed by atoms with Gasteiger partial charge in [-0.1, -0.05) is 30.3 Å². The van der Waals surface area contributed by atoms with E-state index >= 15 is 0 Å². The Bertz CT molecular complexity index is 781. The molecule has 6 atom stereocenters. The van der Waals surface area contributed by atoms with Crippen molar-refractivity contribution in [3.63, 3.8) is 0 Å². The van der Waals surface area contributed by atoms with Gasteiger partial charge < -0.3 is 25.2 Å². The fraction of sp³-hybridized carbons (Fsp3) is 0.667. The molecule has 1 aliphatic carbocycles. The van der Waals surface area contributed by atoms with Crippen LogP contribution in [0.4, 0.5) is 0 Å². The van der Waals surface area contributed by atoms with Crippen molar-refractivity contribution < 1.29 is 24.2 Å². The van der Waals surface area contributed by atoms with Gasteiger partial charge in [-0.15, -0.1) is 23.2 Å². The molecular formula is C24H35Cl2N3O5. The molecule has 1 aliphatic heterocycles. The van der Waals surface area contributed by atoms with Gasteiger partial charge in [-0.3, -0.25) is 9.69 Å². The highest BCUT2D eigenvalue weighted by atomic mass is 35.5. The molecule has 1 saturated carbocycles. The van der Waals surface area contributed by atoms with Gasteiger partial charge in [-0.05, 0) is 18.9 Å². The minimum Gasteiger partial charge on any atom is -0.464 e. The minimum atomic E-state index is -1.15. The van der Waals surface area contributed by atoms with Crippen molar-refractivity contribution in [3.05, 3.63) is 35.9 Å². The molecule has 10 heteroatoms. The van der Waals surface area contributed by atoms with E-state index in [-0.39, 0.29) is 19.4 Å². The summed E-state index contributed by atoms with van der Waals surface area (Å²) in [4.78, 5) is 27.9. The van der Waals surface area contributed by atoms with Crippen LogP contribution in [0, 0.1) is 5.92 Å². The summed E-state index contributed by atoms with van der Waals surface area (Å²) < 4.78 is 11.1. The normalized spacial score (nSPS) is 28.8. The maximum absolute atomic E-state index is 13.1. The first kappa shape index (κ1) is 27.2. The van der Waals surface area contributed by atoms with Gasteiger partial charge in [0.05, 0.1) is 42.1 Å². The maximum Gasteiger partial charge on any atom is 0.328 e. The third-order valence-corrected chi connectivity index (χ3v) is 7.26. The molecule has 2 aliphatic rings. The summed E-state index contributed by atoms with van der Waals surface area (Å²) in [6, 6.07) is 8.48. The fourth-order valence-corrected chi connectivity index (χ4v) is 5.33. The predicted molar refractivity (Wildman–Crippen MR) is 131 cm³/mol. The summed E-state index contributed by atoms with van der Waals surface area (Å²) in [6.07, 6.45) is -1.26. The number of hydrogen-bond acceptors (Lipinski definition) is 7. The van der Waals surface area contributed by atoms with Crippen LogP contribution in [-0.2, 0) is 25.5 Å². The van der Waals surface area contributed by atoms with Gasteiger partial charge in [0, 0.05) is 39.1 Å². The van der Waals surface area contributed by atoms with Crippen LogP contribution >= 0.6 is 23.2 Å². The highest BCUT2D eigenvalue weighted by Crippen LogP contribution is 2.34. The van der Waals surface area contributed by atoms with Crippen molar-refractivity contribution in [1.29, 1.82) is 0 Å². The molecule has 2 fully saturated rings. The number of alkyl halides is 2. The lowest BCUT2D eigenvalue weighted by Crippen LogP contribution is -2.56. The third-order valence-electron chi connectivity index (χ3n) is 6.32. The predicted octanol–water partition coefficient (Wildman–Crippen LogP) is 1.16. The largest absolute Gasteiger partial charge is 0.464 e. The molecular weight excluding hydrogens is 481 g/mol. The highest BCUT2D eigenvalue weighted by molar-refractivity contribution is 6.25. The molecule has 1 aromatic rings. The number of benzene rings is 1. The molecule has 0 aromatic heterocycles. The molecule has 34 heavy (non-hydrogen) atoms. The zero-order chi connectivity index (χ0) is 24.5. The van der Waals surface area contributed by atoms with Crippen LogP contribution in [-0.4, -0.2) is 96.8 Å². The number of ether oxygens (including phenoxy) is 2. The number of nitrogens with one attached hydrogen (secondary N) is 2. The highest BCUT2D eigenvalue weighted by Gasteiger charge is 2.46. The SMILES string of the molecule is CCOC(=O)[C@@H](Cc1ccccc1)NC(=O)C1CC(Cl)C(OCCN2CCNCC2)C(Cl)C1O. The van der Waals surface area contributed by atoms with Gasteiger partial charge in [-0.2, -0.15) is 0 Å². The van der Waals surface area contributed by atoms with E-state index in [1.165, 1.54) is 0 Å². The average molecular weight is 516 g/mol. The zero-order valence-electron chi connectivity index (χ0n) is 19.5. The first-order valence-electron chi connectivity index (χ1n) is 11.9. The quantitative estimate of drug-likeness (QED) is 0.317. The first-order chi connectivity index (χ1) is 16.4. The summed E-state index contributed by atoms with van der Waals surface area (Å²) in [5, 5.41) is 15.5. The number of amides is 1. The number of hydrogen-bond donors (Lipinski definition) is 3. The van der Waals surface area contributed by atoms with E-state index in [0.29, 0.717) is 6.61 Å². The Labute approximate surface area is 211 Å². The van der Waals surface area contributed by atoms with E-state index in [4.69, 9.17) is 32.7 Å². The van der Waals surface area contributed by atoms with Crippen molar-refractivity contribution in [3.8, 4) is 0 Å². The molecule has 0 bridgehead atoms. The summed E-state index contributed by atoms with van der Waals surface area (Å²) in [5.74, 6) is -1.85. The van der Waals surface area contributed by atoms with Crippen LogP contribution in [0.2, 0.25) is 0 Å². The van der Waals surface area contributed by atoms with E-state index in [1.54, 1.807) is 6.92 Å². The molecule has 8 nitrogen and oxygen atoms in total. The van der Waals surface area contributed by atoms with E-state index in [9.17, 15) is 14.7 Å². The summed E-state index contributed by atoms with van der Waals surface area (Å²) in [6.45, 7) is 6.93. The Balaban J connectivity index is 1.57. The van der Waals surface area contributed by atoms with Crippen LogP contribution in [0.25, 0.3) is 0 Å². The van der Waals surface area contributed by atoms with Gasteiger partial charge in [0.25, 0.3) is 0 Å². The first-order valence-corrected chi connectivity index (χ1v) is 12.8. The molecule has 1 aromatic carbocycles. The zero-order valence-corrected chi connectivity index (χ0v) is 21.0. The molecule has 3 N–H and O–H groups in total. The number of aliphatic hydroxyl groups excluding tert-OH is 1. The summed E-state index contributed by atoms with van der Waals surface area (Å²) in [7, 11) is 0. The Kier molecular flexibility index (Phi) is 10.9. The van der Waals surface area contributed by atoms with Crippen LogP contribution in [0.3, 0.4) is 0 Å². The van der Waals surface area contributed by atoms with Gasteiger partial charge >= 0.3 is 5.97 Å². The molecule has 0 spiro atoms. The van der Waals surface area contributed by atoms with Crippen LogP contribution < -0.4 is 10.6 Å². The lowest BCUT2D eigenvalue weighted by Gasteiger charge is -2.40. The molecule has 1 amide bonds. The molecule has 1 heterocycles. The third kappa shape index (κ3) is 7.54. The Morgan fingerprint density at radius 3 is 2.62 bits per heavy atom. The topological polar surface area (TPSA) is 100 Å². The second-order valence-corrected chi connectivity index (χ2v) is 9.79. The van der Waals surface area contributed by atoms with E-state index in [0.717, 1.165) is 38.3 Å². The number of carbonyl (C=O) groups is 2. The Hall–Kier alpha value is -1.42. The fourth-order valence-electron chi connectivity index (χ4n) is 4.41. The maximum atomic E-state index is 13.1. The van der Waals surface area contributed by atoms with Gasteiger partial charge in [0.1, 0.15) is 6.04 Å². The molecule has 190 valence electrons. The molecule has 3 rings (SSSR count). The Morgan fingerprint density at radius 1 is 1.24 bits per heavy atom. The summed E-state index contributed by atoms with van der Waals surface area (Å²) >= 11 is 13.1. The standard InChI is InChI=1S/C24H35Cl2N3O5/c1-2-33-24(32)19(14-16-6-4-3-5-7-16)28-23(31)17-15-18(25)22(20(26)21(17)30)34-13-12-29-10-8-27-9-11-29/h3-7,17-22,27,30H,2,8-15H2,1H3,(H,28,31)/t17?,18?,19-,20?,21?,22?/m1/s1. The van der Waals surface area contributed by atoms with Gasteiger partial charge in [-0.25, -0.2) is 4.79 Å². The second-order valence-electron chi connectivity index (χ2n) is 8.72. The van der Waals surface area contributed by atoms with E-state index in [2.05, 4.69) is 15.5 Å². The van der Waals surface area contributed by atoms with Crippen LogP contribution in [0.15, 0.2) is 30.3 Å². The molecule has 0 radical (unpaired) electrons. The van der Waals surface area contributed by atoms with E-state index in [1.807, 2.05) is 30.3 Å². The second kappa shape index (κ2) is 13.6. The van der Waals surface area contributed by atoms with Crippen molar-refractivity contribution in [1.82, 2.24) is 15.5 Å². The van der Waals surface area contributed by atoms with E-state index < -0.39 is 46.8 Å². The minimum absolute atomic E-state index is 0.191. The molecule has 5 unspecified atom stereocenters. The van der Waals surface area contributed by atoms with Gasteiger partial charge in [0.15, 0.2) is 0 Å². The van der Waals surface area contributed by atoms with Crippen molar-refractivity contribution in [2.75, 3.05) is 45.9 Å².